The first-order valence-corrected chi connectivity index (χ1v) is 3.60. The Morgan fingerprint density at radius 3 is 2.58 bits per heavy atom. The van der Waals surface area contributed by atoms with Crippen molar-refractivity contribution < 1.29 is 4.79 Å². The van der Waals surface area contributed by atoms with E-state index in [1.165, 1.54) is 12.2 Å². The maximum absolute atomic E-state index is 9.86. The van der Waals surface area contributed by atoms with E-state index in [4.69, 9.17) is 0 Å². The van der Waals surface area contributed by atoms with Gasteiger partial charge in [-0.25, -0.2) is 0 Å². The second kappa shape index (κ2) is 4.92. The van der Waals surface area contributed by atoms with Gasteiger partial charge >= 0.3 is 0 Å². The standard InChI is InChI=1S/C11H8O/c12-10-6-2-5-9-11-7-3-1-4-8-11/h1-4,6-8,10H. The Bertz CT molecular complexity index is 325. The van der Waals surface area contributed by atoms with Gasteiger partial charge in [0.25, 0.3) is 0 Å². The lowest BCUT2D eigenvalue weighted by Crippen LogP contribution is -1.69. The topological polar surface area (TPSA) is 17.1 Å². The van der Waals surface area contributed by atoms with Crippen molar-refractivity contribution in [3.8, 4) is 11.8 Å². The highest BCUT2D eigenvalue weighted by Gasteiger charge is 1.78. The molecule has 0 saturated heterocycles. The first-order chi connectivity index (χ1) is 5.93. The van der Waals surface area contributed by atoms with Gasteiger partial charge in [0.1, 0.15) is 6.29 Å². The molecule has 0 aliphatic rings. The lowest BCUT2D eigenvalue weighted by molar-refractivity contribution is -0.104. The van der Waals surface area contributed by atoms with Crippen molar-refractivity contribution in [2.75, 3.05) is 0 Å². The Balaban J connectivity index is 2.67. The van der Waals surface area contributed by atoms with E-state index < -0.39 is 0 Å². The number of rotatable bonds is 1. The second-order valence-electron chi connectivity index (χ2n) is 2.13. The highest BCUT2D eigenvalue weighted by molar-refractivity contribution is 5.65. The smallest absolute Gasteiger partial charge is 0.143 e. The molecule has 0 aliphatic heterocycles. The van der Waals surface area contributed by atoms with Gasteiger partial charge in [-0.3, -0.25) is 4.79 Å². The van der Waals surface area contributed by atoms with E-state index in [1.54, 1.807) is 0 Å². The molecular formula is C11H8O. The molecule has 0 radical (unpaired) electrons. The lowest BCUT2D eigenvalue weighted by Gasteiger charge is -1.83. The van der Waals surface area contributed by atoms with Crippen molar-refractivity contribution >= 4 is 6.29 Å². The number of carbonyl (C=O) groups is 1. The van der Waals surface area contributed by atoms with Crippen LogP contribution in [0.5, 0.6) is 0 Å². The lowest BCUT2D eigenvalue weighted by atomic mass is 10.2. The fourth-order valence-electron chi connectivity index (χ4n) is 0.734. The van der Waals surface area contributed by atoms with Gasteiger partial charge < -0.3 is 0 Å². The molecule has 12 heavy (non-hydrogen) atoms. The molecule has 0 N–H and O–H groups in total. The summed E-state index contributed by atoms with van der Waals surface area (Å²) >= 11 is 0. The number of allylic oxidation sites excluding steroid dienone is 2. The van der Waals surface area contributed by atoms with Crippen LogP contribution in [-0.2, 0) is 4.79 Å². The molecule has 0 spiro atoms. The van der Waals surface area contributed by atoms with Gasteiger partial charge in [0, 0.05) is 5.56 Å². The van der Waals surface area contributed by atoms with Crippen LogP contribution >= 0.6 is 0 Å². The van der Waals surface area contributed by atoms with E-state index in [0.29, 0.717) is 6.29 Å². The normalized spacial score (nSPS) is 9.00. The fraction of sp³-hybridized carbons (Fsp3) is 0. The van der Waals surface area contributed by atoms with Crippen LogP contribution in [-0.4, -0.2) is 6.29 Å². The molecule has 58 valence electrons. The van der Waals surface area contributed by atoms with Crippen LogP contribution in [0.1, 0.15) is 5.56 Å². The summed E-state index contributed by atoms with van der Waals surface area (Å²) in [6.45, 7) is 0. The van der Waals surface area contributed by atoms with Crippen LogP contribution in [0.3, 0.4) is 0 Å². The van der Waals surface area contributed by atoms with Gasteiger partial charge in [-0.15, -0.1) is 0 Å². The molecule has 0 unspecified atom stereocenters. The predicted molar refractivity (Wildman–Crippen MR) is 48.5 cm³/mol. The number of aldehydes is 1. The van der Waals surface area contributed by atoms with Crippen LogP contribution in [0.4, 0.5) is 0 Å². The monoisotopic (exact) mass is 156 g/mol. The van der Waals surface area contributed by atoms with Gasteiger partial charge in [-0.2, -0.15) is 0 Å². The van der Waals surface area contributed by atoms with Crippen molar-refractivity contribution in [3.63, 3.8) is 0 Å². The number of hydrogen-bond donors (Lipinski definition) is 0. The summed E-state index contributed by atoms with van der Waals surface area (Å²) in [6, 6.07) is 9.62. The minimum absolute atomic E-state index is 0.708. The average molecular weight is 156 g/mol. The minimum Gasteiger partial charge on any atom is -0.299 e. The number of hydrogen-bond acceptors (Lipinski definition) is 1. The molecule has 0 bridgehead atoms. The van der Waals surface area contributed by atoms with Crippen molar-refractivity contribution in [1.82, 2.24) is 0 Å². The molecule has 0 saturated carbocycles. The SMILES string of the molecule is O=CC=CC#Cc1ccccc1. The zero-order valence-electron chi connectivity index (χ0n) is 6.53. The molecule has 0 fully saturated rings. The molecule has 1 heteroatoms. The highest BCUT2D eigenvalue weighted by Crippen LogP contribution is 1.94. The Kier molecular flexibility index (Phi) is 3.40. The molecule has 1 aromatic carbocycles. The molecule has 0 amide bonds. The quantitative estimate of drug-likeness (QED) is 0.344. The highest BCUT2D eigenvalue weighted by atomic mass is 16.1. The van der Waals surface area contributed by atoms with Crippen LogP contribution in [0.2, 0.25) is 0 Å². The third kappa shape index (κ3) is 2.85. The number of benzene rings is 1. The van der Waals surface area contributed by atoms with Gasteiger partial charge in [0.2, 0.25) is 0 Å². The fourth-order valence-corrected chi connectivity index (χ4v) is 0.734. The zero-order valence-corrected chi connectivity index (χ0v) is 6.53. The first-order valence-electron chi connectivity index (χ1n) is 3.60. The maximum atomic E-state index is 9.86. The van der Waals surface area contributed by atoms with Crippen molar-refractivity contribution in [2.24, 2.45) is 0 Å². The Labute approximate surface area is 71.7 Å². The van der Waals surface area contributed by atoms with E-state index in [9.17, 15) is 4.79 Å². The first kappa shape index (κ1) is 8.29. The minimum atomic E-state index is 0.708. The zero-order chi connectivity index (χ0) is 8.65. The molecular weight excluding hydrogens is 148 g/mol. The number of carbonyl (C=O) groups excluding carboxylic acids is 1. The molecule has 0 heterocycles. The molecule has 1 rings (SSSR count). The van der Waals surface area contributed by atoms with Crippen molar-refractivity contribution in [3.05, 3.63) is 48.0 Å². The van der Waals surface area contributed by atoms with E-state index in [-0.39, 0.29) is 0 Å². The van der Waals surface area contributed by atoms with Crippen LogP contribution in [0.25, 0.3) is 0 Å². The van der Waals surface area contributed by atoms with E-state index in [0.717, 1.165) is 5.56 Å². The van der Waals surface area contributed by atoms with E-state index >= 15 is 0 Å². The molecule has 1 nitrogen and oxygen atoms in total. The summed E-state index contributed by atoms with van der Waals surface area (Å²) in [4.78, 5) is 9.86. The second-order valence-corrected chi connectivity index (χ2v) is 2.13. The summed E-state index contributed by atoms with van der Waals surface area (Å²) in [6.07, 6.45) is 3.61. The van der Waals surface area contributed by atoms with Crippen LogP contribution in [0, 0.1) is 11.8 Å². The average Bonchev–Trinajstić information content (AvgIpc) is 2.14. The molecule has 0 aliphatic carbocycles. The Morgan fingerprint density at radius 2 is 1.92 bits per heavy atom. The maximum Gasteiger partial charge on any atom is 0.143 e. The Hall–Kier alpha value is -1.81. The summed E-state index contributed by atoms with van der Waals surface area (Å²) in [5, 5.41) is 0. The molecule has 0 atom stereocenters. The third-order valence-corrected chi connectivity index (χ3v) is 1.25. The largest absolute Gasteiger partial charge is 0.299 e. The van der Waals surface area contributed by atoms with Crippen molar-refractivity contribution in [2.45, 2.75) is 0 Å². The van der Waals surface area contributed by atoms with Gasteiger partial charge in [0.05, 0.1) is 0 Å². The van der Waals surface area contributed by atoms with Crippen molar-refractivity contribution in [1.29, 1.82) is 0 Å². The third-order valence-electron chi connectivity index (χ3n) is 1.25. The van der Waals surface area contributed by atoms with E-state index in [2.05, 4.69) is 11.8 Å². The Morgan fingerprint density at radius 1 is 1.17 bits per heavy atom. The summed E-state index contributed by atoms with van der Waals surface area (Å²) in [5.74, 6) is 5.62. The van der Waals surface area contributed by atoms with E-state index in [1.807, 2.05) is 30.3 Å². The van der Waals surface area contributed by atoms with Crippen LogP contribution < -0.4 is 0 Å². The van der Waals surface area contributed by atoms with Crippen LogP contribution in [0.15, 0.2) is 42.5 Å². The van der Waals surface area contributed by atoms with Gasteiger partial charge in [-0.05, 0) is 24.3 Å². The molecule has 0 aromatic heterocycles. The van der Waals surface area contributed by atoms with Gasteiger partial charge in [-0.1, -0.05) is 30.0 Å². The van der Waals surface area contributed by atoms with Gasteiger partial charge in [0.15, 0.2) is 0 Å². The summed E-state index contributed by atoms with van der Waals surface area (Å²) < 4.78 is 0. The summed E-state index contributed by atoms with van der Waals surface area (Å²) in [7, 11) is 0. The predicted octanol–water partition coefficient (Wildman–Crippen LogP) is 1.79. The molecule has 1 aromatic rings. The summed E-state index contributed by atoms with van der Waals surface area (Å²) in [5.41, 5.74) is 0.952.